The third-order valence-electron chi connectivity index (χ3n) is 4.53. The highest BCUT2D eigenvalue weighted by Gasteiger charge is 2.38. The molecule has 0 saturated carbocycles. The molecule has 0 radical (unpaired) electrons. The number of hydrogen-bond donors (Lipinski definition) is 1. The molecule has 0 bridgehead atoms. The van der Waals surface area contributed by atoms with Gasteiger partial charge in [-0.3, -0.25) is 4.79 Å². The number of aromatic nitrogens is 2. The van der Waals surface area contributed by atoms with Gasteiger partial charge in [-0.15, -0.1) is 0 Å². The number of benzene rings is 1. The Kier molecular flexibility index (Phi) is 4.97. The highest BCUT2D eigenvalue weighted by atomic mass is 16.5. The van der Waals surface area contributed by atoms with Crippen LogP contribution in [0, 0.1) is 0 Å². The summed E-state index contributed by atoms with van der Waals surface area (Å²) >= 11 is 0. The molecule has 6 heteroatoms. The molecule has 0 aliphatic carbocycles. The summed E-state index contributed by atoms with van der Waals surface area (Å²) in [6.07, 6.45) is 4.83. The monoisotopic (exact) mass is 328 g/mol. The fourth-order valence-electron chi connectivity index (χ4n) is 3.03. The van der Waals surface area contributed by atoms with Crippen LogP contribution in [0.1, 0.15) is 24.2 Å². The smallest absolute Gasteiger partial charge is 0.242 e. The van der Waals surface area contributed by atoms with Crippen LogP contribution < -0.4 is 5.73 Å². The van der Waals surface area contributed by atoms with E-state index in [1.807, 2.05) is 24.4 Å². The van der Waals surface area contributed by atoms with Crippen molar-refractivity contribution in [3.8, 4) is 0 Å². The van der Waals surface area contributed by atoms with Crippen LogP contribution in [0.5, 0.6) is 0 Å². The van der Waals surface area contributed by atoms with Gasteiger partial charge in [-0.05, 0) is 18.4 Å². The number of likely N-dealkylation sites (N-methyl/N-ethyl adjacent to an activating group) is 1. The van der Waals surface area contributed by atoms with Crippen molar-refractivity contribution < 1.29 is 9.53 Å². The molecular formula is C18H24N4O2. The second-order valence-electron chi connectivity index (χ2n) is 6.39. The fourth-order valence-corrected chi connectivity index (χ4v) is 3.03. The van der Waals surface area contributed by atoms with Gasteiger partial charge in [0.2, 0.25) is 5.91 Å². The molecule has 3 rings (SSSR count). The van der Waals surface area contributed by atoms with E-state index in [0.717, 1.165) is 12.4 Å². The van der Waals surface area contributed by atoms with E-state index >= 15 is 0 Å². The topological polar surface area (TPSA) is 73.4 Å². The maximum Gasteiger partial charge on any atom is 0.242 e. The molecule has 1 saturated heterocycles. The third kappa shape index (κ3) is 3.66. The SMILES string of the molecule is CN(Cc1nccn1Cc1ccccc1)C(=O)C1(N)CCOCC1. The van der Waals surface area contributed by atoms with Crippen molar-refractivity contribution in [3.63, 3.8) is 0 Å². The number of hydrogen-bond acceptors (Lipinski definition) is 4. The summed E-state index contributed by atoms with van der Waals surface area (Å²) in [5, 5.41) is 0. The molecule has 2 aromatic rings. The minimum Gasteiger partial charge on any atom is -0.381 e. The van der Waals surface area contributed by atoms with Crippen molar-refractivity contribution in [1.82, 2.24) is 14.5 Å². The molecule has 2 heterocycles. The van der Waals surface area contributed by atoms with E-state index in [-0.39, 0.29) is 5.91 Å². The van der Waals surface area contributed by atoms with Crippen LogP contribution in [0.3, 0.4) is 0 Å². The first kappa shape index (κ1) is 16.7. The van der Waals surface area contributed by atoms with E-state index in [1.165, 1.54) is 5.56 Å². The largest absolute Gasteiger partial charge is 0.381 e. The lowest BCUT2D eigenvalue weighted by atomic mass is 9.90. The van der Waals surface area contributed by atoms with Crippen LogP contribution in [-0.2, 0) is 22.6 Å². The number of ether oxygens (including phenoxy) is 1. The average Bonchev–Trinajstić information content (AvgIpc) is 3.02. The molecule has 6 nitrogen and oxygen atoms in total. The van der Waals surface area contributed by atoms with Crippen LogP contribution in [0.25, 0.3) is 0 Å². The molecule has 1 aromatic carbocycles. The second-order valence-corrected chi connectivity index (χ2v) is 6.39. The standard InChI is InChI=1S/C18H24N4O2/c1-21(17(23)18(19)7-11-24-12-8-18)14-16-20-9-10-22(16)13-15-5-3-2-4-6-15/h2-6,9-10H,7-8,11-14,19H2,1H3. The van der Waals surface area contributed by atoms with Crippen LogP contribution >= 0.6 is 0 Å². The van der Waals surface area contributed by atoms with Gasteiger partial charge in [0.05, 0.1) is 12.1 Å². The Morgan fingerprint density at radius 3 is 2.75 bits per heavy atom. The van der Waals surface area contributed by atoms with E-state index in [2.05, 4.69) is 21.7 Å². The Labute approximate surface area is 142 Å². The molecule has 1 aliphatic rings. The number of imidazole rings is 1. The third-order valence-corrected chi connectivity index (χ3v) is 4.53. The fraction of sp³-hybridized carbons (Fsp3) is 0.444. The first-order valence-electron chi connectivity index (χ1n) is 8.25. The molecule has 0 atom stereocenters. The van der Waals surface area contributed by atoms with Crippen molar-refractivity contribution in [2.24, 2.45) is 5.73 Å². The van der Waals surface area contributed by atoms with Crippen molar-refractivity contribution in [1.29, 1.82) is 0 Å². The summed E-state index contributed by atoms with van der Waals surface area (Å²) in [4.78, 5) is 18.8. The lowest BCUT2D eigenvalue weighted by Crippen LogP contribution is -2.57. The van der Waals surface area contributed by atoms with Gasteiger partial charge >= 0.3 is 0 Å². The molecule has 1 fully saturated rings. The maximum atomic E-state index is 12.7. The van der Waals surface area contributed by atoms with Crippen molar-refractivity contribution in [2.75, 3.05) is 20.3 Å². The summed E-state index contributed by atoms with van der Waals surface area (Å²) in [5.41, 5.74) is 6.68. The summed E-state index contributed by atoms with van der Waals surface area (Å²) < 4.78 is 7.38. The highest BCUT2D eigenvalue weighted by molar-refractivity contribution is 5.86. The minimum absolute atomic E-state index is 0.0416. The molecule has 2 N–H and O–H groups in total. The van der Waals surface area contributed by atoms with E-state index in [1.54, 1.807) is 18.1 Å². The zero-order valence-corrected chi connectivity index (χ0v) is 14.0. The van der Waals surface area contributed by atoms with Gasteiger partial charge in [0.1, 0.15) is 5.82 Å². The molecule has 1 aromatic heterocycles. The number of nitrogens with zero attached hydrogens (tertiary/aromatic N) is 3. The number of carbonyl (C=O) groups excluding carboxylic acids is 1. The van der Waals surface area contributed by atoms with Crippen LogP contribution in [0.15, 0.2) is 42.7 Å². The Morgan fingerprint density at radius 1 is 1.33 bits per heavy atom. The summed E-state index contributed by atoms with van der Waals surface area (Å²) in [6, 6.07) is 10.2. The lowest BCUT2D eigenvalue weighted by Gasteiger charge is -2.35. The Morgan fingerprint density at radius 2 is 2.04 bits per heavy atom. The Hall–Kier alpha value is -2.18. The molecule has 0 unspecified atom stereocenters. The molecular weight excluding hydrogens is 304 g/mol. The maximum absolute atomic E-state index is 12.7. The lowest BCUT2D eigenvalue weighted by molar-refractivity contribution is -0.139. The van der Waals surface area contributed by atoms with E-state index in [9.17, 15) is 4.79 Å². The van der Waals surface area contributed by atoms with Gasteiger partial charge < -0.3 is 19.9 Å². The molecule has 1 amide bonds. The first-order chi connectivity index (χ1) is 11.6. The second kappa shape index (κ2) is 7.15. The van der Waals surface area contributed by atoms with Gasteiger partial charge in [0.25, 0.3) is 0 Å². The van der Waals surface area contributed by atoms with Gasteiger partial charge in [-0.2, -0.15) is 0 Å². The van der Waals surface area contributed by atoms with Gasteiger partial charge in [0.15, 0.2) is 0 Å². The average molecular weight is 328 g/mol. The Bertz CT molecular complexity index is 677. The van der Waals surface area contributed by atoms with Crippen molar-refractivity contribution in [2.45, 2.75) is 31.5 Å². The van der Waals surface area contributed by atoms with Gasteiger partial charge in [0, 0.05) is 39.2 Å². The minimum atomic E-state index is -0.816. The molecule has 0 spiro atoms. The number of rotatable bonds is 5. The zero-order chi connectivity index (χ0) is 17.0. The Balaban J connectivity index is 1.68. The van der Waals surface area contributed by atoms with E-state index in [4.69, 9.17) is 10.5 Å². The zero-order valence-electron chi connectivity index (χ0n) is 14.0. The summed E-state index contributed by atoms with van der Waals surface area (Å²) in [7, 11) is 1.79. The summed E-state index contributed by atoms with van der Waals surface area (Å²) in [5.74, 6) is 0.811. The highest BCUT2D eigenvalue weighted by Crippen LogP contribution is 2.21. The predicted octanol–water partition coefficient (Wildman–Crippen LogP) is 1.40. The number of nitrogens with two attached hydrogens (primary N) is 1. The normalized spacial score (nSPS) is 16.8. The first-order valence-corrected chi connectivity index (χ1v) is 8.25. The van der Waals surface area contributed by atoms with Gasteiger partial charge in [-0.1, -0.05) is 30.3 Å². The predicted molar refractivity (Wildman–Crippen MR) is 91.2 cm³/mol. The van der Waals surface area contributed by atoms with Crippen LogP contribution in [-0.4, -0.2) is 46.2 Å². The van der Waals surface area contributed by atoms with Crippen molar-refractivity contribution in [3.05, 3.63) is 54.1 Å². The van der Waals surface area contributed by atoms with Crippen LogP contribution in [0.4, 0.5) is 0 Å². The number of carbonyl (C=O) groups is 1. The summed E-state index contributed by atoms with van der Waals surface area (Å²) in [6.45, 7) is 2.26. The van der Waals surface area contributed by atoms with E-state index in [0.29, 0.717) is 32.6 Å². The number of amides is 1. The quantitative estimate of drug-likeness (QED) is 0.900. The van der Waals surface area contributed by atoms with E-state index < -0.39 is 5.54 Å². The molecule has 1 aliphatic heterocycles. The molecule has 128 valence electrons. The van der Waals surface area contributed by atoms with Crippen molar-refractivity contribution >= 4 is 5.91 Å². The van der Waals surface area contributed by atoms with Crippen LogP contribution in [0.2, 0.25) is 0 Å². The van der Waals surface area contributed by atoms with Gasteiger partial charge in [-0.25, -0.2) is 4.98 Å². The molecule has 24 heavy (non-hydrogen) atoms.